The number of nitrogens with one attached hydrogen (secondary N) is 2. The Hall–Kier alpha value is -3.23. The van der Waals surface area contributed by atoms with Gasteiger partial charge in [-0.15, -0.1) is 0 Å². The van der Waals surface area contributed by atoms with Crippen molar-refractivity contribution in [3.8, 4) is 11.8 Å². The monoisotopic (exact) mass is 472 g/mol. The third-order valence-corrected chi connectivity index (χ3v) is 6.36. The SMILES string of the molecule is COCCOCC1(S(=O)(=O)NC(=O)Nc2nc(OC)cc(OC)n2)C=CC=CC1C(=O)O. The molecule has 1 aromatic heterocycles. The highest BCUT2D eigenvalue weighted by molar-refractivity contribution is 7.91. The topological polar surface area (TPSA) is 175 Å². The zero-order chi connectivity index (χ0) is 23.8. The third-order valence-electron chi connectivity index (χ3n) is 4.40. The Balaban J connectivity index is 2.30. The van der Waals surface area contributed by atoms with E-state index >= 15 is 0 Å². The van der Waals surface area contributed by atoms with Crippen molar-refractivity contribution < 1.29 is 42.1 Å². The summed E-state index contributed by atoms with van der Waals surface area (Å²) in [5, 5.41) is 11.8. The van der Waals surface area contributed by atoms with Crippen LogP contribution in [0, 0.1) is 5.92 Å². The molecule has 1 aromatic rings. The minimum absolute atomic E-state index is 0.0152. The van der Waals surface area contributed by atoms with E-state index in [9.17, 15) is 23.1 Å². The molecule has 0 radical (unpaired) electrons. The van der Waals surface area contributed by atoms with E-state index in [1.165, 1.54) is 51.7 Å². The molecule has 0 aliphatic heterocycles. The fourth-order valence-electron chi connectivity index (χ4n) is 2.81. The minimum atomic E-state index is -4.64. The van der Waals surface area contributed by atoms with Crippen LogP contribution in [0.2, 0.25) is 0 Å². The lowest BCUT2D eigenvalue weighted by molar-refractivity contribution is -0.141. The maximum absolute atomic E-state index is 13.2. The van der Waals surface area contributed by atoms with Crippen LogP contribution in [0.25, 0.3) is 0 Å². The molecular formula is C18H24N4O9S. The van der Waals surface area contributed by atoms with E-state index in [1.807, 2.05) is 4.72 Å². The molecule has 14 heteroatoms. The molecule has 0 fully saturated rings. The van der Waals surface area contributed by atoms with Crippen molar-refractivity contribution in [2.75, 3.05) is 46.5 Å². The van der Waals surface area contributed by atoms with Crippen LogP contribution in [0.5, 0.6) is 11.8 Å². The number of nitrogens with zero attached hydrogens (tertiary/aromatic N) is 2. The first kappa shape index (κ1) is 25.0. The molecule has 0 saturated heterocycles. The molecule has 2 amide bonds. The Morgan fingerprint density at radius 2 is 1.78 bits per heavy atom. The van der Waals surface area contributed by atoms with Crippen molar-refractivity contribution in [2.45, 2.75) is 4.75 Å². The van der Waals surface area contributed by atoms with Crippen LogP contribution in [0.3, 0.4) is 0 Å². The zero-order valence-electron chi connectivity index (χ0n) is 17.6. The fraction of sp³-hybridized carbons (Fsp3) is 0.444. The number of carbonyl (C=O) groups is 2. The van der Waals surface area contributed by atoms with Gasteiger partial charge in [-0.25, -0.2) is 17.9 Å². The number of methoxy groups -OCH3 is 3. The third kappa shape index (κ3) is 5.72. The average molecular weight is 472 g/mol. The Bertz CT molecular complexity index is 974. The first-order valence-corrected chi connectivity index (χ1v) is 10.6. The number of hydrogen-bond donors (Lipinski definition) is 3. The van der Waals surface area contributed by atoms with Gasteiger partial charge >= 0.3 is 12.0 Å². The van der Waals surface area contributed by atoms with E-state index in [2.05, 4.69) is 15.3 Å². The standard InChI is InChI=1S/C18H24N4O9S/c1-28-8-9-31-11-18(7-5-4-6-12(18)15(23)24)32(26,27)22-17(25)21-16-19-13(29-2)10-14(20-16)30-3/h4-7,10,12H,8-9,11H2,1-3H3,(H,23,24)(H2,19,20,21,22,25). The first-order chi connectivity index (χ1) is 15.2. The van der Waals surface area contributed by atoms with Gasteiger partial charge in [-0.1, -0.05) is 24.3 Å². The van der Waals surface area contributed by atoms with Gasteiger partial charge in [-0.05, 0) is 0 Å². The number of amides is 2. The second kappa shape index (κ2) is 10.9. The molecule has 32 heavy (non-hydrogen) atoms. The van der Waals surface area contributed by atoms with Crippen LogP contribution in [0.1, 0.15) is 0 Å². The molecule has 3 N–H and O–H groups in total. The van der Waals surface area contributed by atoms with Gasteiger partial charge < -0.3 is 24.1 Å². The molecule has 0 bridgehead atoms. The molecule has 1 aliphatic carbocycles. The summed E-state index contributed by atoms with van der Waals surface area (Å²) in [7, 11) is -0.547. The number of carbonyl (C=O) groups excluding carboxylic acids is 1. The predicted molar refractivity (Wildman–Crippen MR) is 111 cm³/mol. The number of aliphatic carboxylic acids is 1. The Labute approximate surface area is 184 Å². The molecule has 0 aromatic carbocycles. The highest BCUT2D eigenvalue weighted by Crippen LogP contribution is 2.33. The number of rotatable bonds is 11. The van der Waals surface area contributed by atoms with Crippen LogP contribution in [-0.2, 0) is 24.3 Å². The molecule has 0 spiro atoms. The Morgan fingerprint density at radius 3 is 2.34 bits per heavy atom. The summed E-state index contributed by atoms with van der Waals surface area (Å²) in [6, 6.07) is 0.131. The van der Waals surface area contributed by atoms with Gasteiger partial charge in [0.2, 0.25) is 27.7 Å². The molecule has 176 valence electrons. The molecule has 2 atom stereocenters. The molecule has 13 nitrogen and oxygen atoms in total. The van der Waals surface area contributed by atoms with Gasteiger partial charge in [0.05, 0.1) is 40.1 Å². The van der Waals surface area contributed by atoms with Gasteiger partial charge in [0, 0.05) is 7.11 Å². The second-order valence-electron chi connectivity index (χ2n) is 6.40. The predicted octanol–water partition coefficient (Wildman–Crippen LogP) is 0.174. The minimum Gasteiger partial charge on any atom is -0.481 e. The maximum Gasteiger partial charge on any atom is 0.335 e. The van der Waals surface area contributed by atoms with Crippen molar-refractivity contribution >= 4 is 28.0 Å². The summed E-state index contributed by atoms with van der Waals surface area (Å²) in [6.45, 7) is -0.363. The highest BCUT2D eigenvalue weighted by atomic mass is 32.2. The van der Waals surface area contributed by atoms with Gasteiger partial charge in [-0.2, -0.15) is 9.97 Å². The molecule has 2 rings (SSSR count). The first-order valence-electron chi connectivity index (χ1n) is 9.15. The average Bonchev–Trinajstić information content (AvgIpc) is 2.75. The summed E-state index contributed by atoms with van der Waals surface area (Å²) in [5.74, 6) is -3.11. The molecule has 2 unspecified atom stereocenters. The summed E-state index contributed by atoms with van der Waals surface area (Å²) >= 11 is 0. The van der Waals surface area contributed by atoms with Crippen molar-refractivity contribution in [3.63, 3.8) is 0 Å². The molecule has 1 aliphatic rings. The summed E-state index contributed by atoms with van der Waals surface area (Å²) < 4.78 is 46.3. The smallest absolute Gasteiger partial charge is 0.335 e. The number of aromatic nitrogens is 2. The maximum atomic E-state index is 13.2. The second-order valence-corrected chi connectivity index (χ2v) is 8.37. The Kier molecular flexibility index (Phi) is 8.51. The number of allylic oxidation sites excluding steroid dienone is 2. The van der Waals surface area contributed by atoms with Gasteiger partial charge in [0.15, 0.2) is 0 Å². The summed E-state index contributed by atoms with van der Waals surface area (Å²) in [5.41, 5.74) is 0. The number of urea groups is 1. The number of ether oxygens (including phenoxy) is 4. The van der Waals surface area contributed by atoms with E-state index < -0.39 is 39.3 Å². The van der Waals surface area contributed by atoms with Gasteiger partial charge in [0.1, 0.15) is 10.7 Å². The lowest BCUT2D eigenvalue weighted by atomic mass is 9.88. The molecular weight excluding hydrogens is 448 g/mol. The zero-order valence-corrected chi connectivity index (χ0v) is 18.4. The lowest BCUT2D eigenvalue weighted by Crippen LogP contribution is -2.57. The van der Waals surface area contributed by atoms with Crippen LogP contribution < -0.4 is 19.5 Å². The van der Waals surface area contributed by atoms with E-state index in [-0.39, 0.29) is 30.9 Å². The van der Waals surface area contributed by atoms with E-state index in [0.717, 1.165) is 0 Å². The van der Waals surface area contributed by atoms with Crippen LogP contribution >= 0.6 is 0 Å². The van der Waals surface area contributed by atoms with E-state index in [1.54, 1.807) is 0 Å². The van der Waals surface area contributed by atoms with Gasteiger partial charge in [0.25, 0.3) is 0 Å². The van der Waals surface area contributed by atoms with Crippen molar-refractivity contribution in [3.05, 3.63) is 30.4 Å². The largest absolute Gasteiger partial charge is 0.481 e. The molecule has 1 heterocycles. The van der Waals surface area contributed by atoms with Crippen molar-refractivity contribution in [1.82, 2.24) is 14.7 Å². The molecule has 0 saturated carbocycles. The van der Waals surface area contributed by atoms with Crippen LogP contribution in [-0.4, -0.2) is 81.4 Å². The van der Waals surface area contributed by atoms with Gasteiger partial charge in [-0.3, -0.25) is 10.1 Å². The van der Waals surface area contributed by atoms with Crippen LogP contribution in [0.4, 0.5) is 10.7 Å². The Morgan fingerprint density at radius 1 is 1.12 bits per heavy atom. The lowest BCUT2D eigenvalue weighted by Gasteiger charge is -2.35. The summed E-state index contributed by atoms with van der Waals surface area (Å²) in [4.78, 5) is 32.0. The normalized spacial score (nSPS) is 19.9. The van der Waals surface area contributed by atoms with E-state index in [0.29, 0.717) is 0 Å². The quantitative estimate of drug-likeness (QED) is 0.374. The van der Waals surface area contributed by atoms with E-state index in [4.69, 9.17) is 18.9 Å². The fourth-order valence-corrected chi connectivity index (χ4v) is 4.31. The van der Waals surface area contributed by atoms with Crippen molar-refractivity contribution in [1.29, 1.82) is 0 Å². The highest BCUT2D eigenvalue weighted by Gasteiger charge is 2.52. The van der Waals surface area contributed by atoms with Crippen molar-refractivity contribution in [2.24, 2.45) is 5.92 Å². The number of hydrogen-bond acceptors (Lipinski definition) is 10. The number of carboxylic acids is 1. The summed E-state index contributed by atoms with van der Waals surface area (Å²) in [6.07, 6.45) is 5.14. The number of carboxylic acid groups (broad SMARTS) is 1. The number of sulfonamides is 1. The number of anilines is 1. The van der Waals surface area contributed by atoms with Crippen LogP contribution in [0.15, 0.2) is 30.4 Å².